The van der Waals surface area contributed by atoms with Crippen molar-refractivity contribution in [2.75, 3.05) is 26.0 Å². The summed E-state index contributed by atoms with van der Waals surface area (Å²) in [5.41, 5.74) is 4.57. The van der Waals surface area contributed by atoms with Crippen LogP contribution in [0.15, 0.2) is 59.6 Å². The number of rotatable bonds is 7. The molecule has 1 N–H and O–H groups in total. The molecule has 8 nitrogen and oxygen atoms in total. The summed E-state index contributed by atoms with van der Waals surface area (Å²) in [6.45, 7) is 6.75. The lowest BCUT2D eigenvalue weighted by molar-refractivity contribution is -0.0266. The number of nitrogens with zero attached hydrogens (tertiary/aromatic N) is 3. The molecular formula is C23H30N4O4S. The summed E-state index contributed by atoms with van der Waals surface area (Å²) in [6, 6.07) is 10.9. The predicted molar refractivity (Wildman–Crippen MR) is 122 cm³/mol. The zero-order chi connectivity index (χ0) is 22.7. The van der Waals surface area contributed by atoms with Gasteiger partial charge in [-0.1, -0.05) is 17.7 Å². The number of ether oxygens (including phenoxy) is 1. The normalized spacial score (nSPS) is 17.4. The maximum Gasteiger partial charge on any atom is 0.234 e. The molecule has 0 aliphatic carbocycles. The Morgan fingerprint density at radius 1 is 1.16 bits per heavy atom. The fraction of sp³-hybridized carbons (Fsp3) is 0.435. The third-order valence-electron chi connectivity index (χ3n) is 5.79. The Balaban J connectivity index is 1.26. The van der Waals surface area contributed by atoms with Crippen LogP contribution in [0.4, 0.5) is 0 Å². The van der Waals surface area contributed by atoms with Gasteiger partial charge < -0.3 is 14.5 Å². The maximum atomic E-state index is 11.6. The van der Waals surface area contributed by atoms with Crippen LogP contribution in [0.3, 0.4) is 0 Å². The molecule has 0 spiro atoms. The van der Waals surface area contributed by atoms with Crippen molar-refractivity contribution in [3.8, 4) is 17.0 Å². The molecule has 0 atom stereocenters. The first-order valence-electron chi connectivity index (χ1n) is 10.9. The lowest BCUT2D eigenvalue weighted by atomic mass is 9.98. The van der Waals surface area contributed by atoms with Gasteiger partial charge in [-0.25, -0.2) is 8.42 Å². The first-order chi connectivity index (χ1) is 15.3. The van der Waals surface area contributed by atoms with Crippen molar-refractivity contribution >= 4 is 9.84 Å². The summed E-state index contributed by atoms with van der Waals surface area (Å²) in [5.74, 6) is 2.11. The van der Waals surface area contributed by atoms with Crippen molar-refractivity contribution in [1.29, 1.82) is 0 Å². The molecule has 4 rings (SSSR count). The second-order valence-electron chi connectivity index (χ2n) is 8.58. The third kappa shape index (κ3) is 5.34. The minimum atomic E-state index is -3.20. The highest BCUT2D eigenvalue weighted by atomic mass is 32.2. The average Bonchev–Trinajstić information content (AvgIpc) is 3.29. The molecule has 0 bridgehead atoms. The molecule has 1 aromatic heterocycles. The van der Waals surface area contributed by atoms with E-state index in [1.807, 2.05) is 23.3 Å². The molecule has 2 aliphatic rings. The summed E-state index contributed by atoms with van der Waals surface area (Å²) in [6.07, 6.45) is 7.02. The molecule has 0 unspecified atom stereocenters. The molecular weight excluding hydrogens is 428 g/mol. The van der Waals surface area contributed by atoms with Gasteiger partial charge in [-0.15, -0.1) is 0 Å². The van der Waals surface area contributed by atoms with Gasteiger partial charge in [0.05, 0.1) is 29.6 Å². The third-order valence-corrected chi connectivity index (χ3v) is 6.92. The molecule has 1 fully saturated rings. The number of pyridine rings is 1. The number of hydrazine groups is 1. The number of likely N-dealkylation sites (tertiary alicyclic amines) is 1. The summed E-state index contributed by atoms with van der Waals surface area (Å²) in [7, 11) is -3.20. The smallest absolute Gasteiger partial charge is 0.234 e. The first-order valence-corrected chi connectivity index (χ1v) is 12.8. The van der Waals surface area contributed by atoms with Crippen molar-refractivity contribution in [3.63, 3.8) is 0 Å². The van der Waals surface area contributed by atoms with Crippen molar-refractivity contribution in [1.82, 2.24) is 20.5 Å². The van der Waals surface area contributed by atoms with Crippen LogP contribution < -0.4 is 10.3 Å². The highest BCUT2D eigenvalue weighted by Crippen LogP contribution is 2.25. The highest BCUT2D eigenvalue weighted by Gasteiger charge is 2.26. The predicted octanol–water partition coefficient (Wildman–Crippen LogP) is 3.20. The quantitative estimate of drug-likeness (QED) is 0.677. The van der Waals surface area contributed by atoms with E-state index in [4.69, 9.17) is 9.57 Å². The van der Waals surface area contributed by atoms with Crippen LogP contribution in [-0.4, -0.2) is 55.3 Å². The number of benzene rings is 1. The fourth-order valence-electron chi connectivity index (χ4n) is 3.72. The van der Waals surface area contributed by atoms with E-state index in [-0.39, 0.29) is 0 Å². The fourth-order valence-corrected chi connectivity index (χ4v) is 4.35. The SMILES string of the molecule is CC(C)N1C=C(N2CCC(COc3ccc(-c4ccc(S(C)(=O)=O)cc4)nc3)CC2)ON1. The molecule has 3 heterocycles. The van der Waals surface area contributed by atoms with Crippen molar-refractivity contribution in [2.24, 2.45) is 5.92 Å². The summed E-state index contributed by atoms with van der Waals surface area (Å²) in [5, 5.41) is 1.96. The number of hydrogen-bond donors (Lipinski definition) is 1. The monoisotopic (exact) mass is 458 g/mol. The van der Waals surface area contributed by atoms with Gasteiger partial charge in [0.25, 0.3) is 0 Å². The van der Waals surface area contributed by atoms with E-state index in [2.05, 4.69) is 29.3 Å². The van der Waals surface area contributed by atoms with Crippen molar-refractivity contribution in [2.45, 2.75) is 37.6 Å². The Kier molecular flexibility index (Phi) is 6.57. The zero-order valence-corrected chi connectivity index (χ0v) is 19.5. The van der Waals surface area contributed by atoms with E-state index in [1.54, 1.807) is 30.5 Å². The molecule has 0 saturated carbocycles. The minimum Gasteiger partial charge on any atom is -0.492 e. The minimum absolute atomic E-state index is 0.302. The van der Waals surface area contributed by atoms with Gasteiger partial charge in [0, 0.05) is 31.0 Å². The highest BCUT2D eigenvalue weighted by molar-refractivity contribution is 7.90. The lowest BCUT2D eigenvalue weighted by Gasteiger charge is -2.32. The van der Waals surface area contributed by atoms with Crippen molar-refractivity contribution in [3.05, 3.63) is 54.7 Å². The summed E-state index contributed by atoms with van der Waals surface area (Å²) < 4.78 is 29.2. The van der Waals surface area contributed by atoms with Crippen LogP contribution in [0.1, 0.15) is 26.7 Å². The Hall–Kier alpha value is -2.78. The lowest BCUT2D eigenvalue weighted by Crippen LogP contribution is -2.36. The topological polar surface area (TPSA) is 84.0 Å². The van der Waals surface area contributed by atoms with Gasteiger partial charge >= 0.3 is 0 Å². The molecule has 2 aromatic rings. The number of aromatic nitrogens is 1. The first kappa shape index (κ1) is 22.4. The van der Waals surface area contributed by atoms with E-state index >= 15 is 0 Å². The molecule has 172 valence electrons. The standard InChI is InChI=1S/C23H30N4O4S/c1-17(2)27-15-23(31-25-27)26-12-10-18(11-13-26)16-30-20-6-9-22(24-14-20)19-4-7-21(8-5-19)32(3,28)29/h4-9,14-15,17-18,25H,10-13,16H2,1-3H3. The molecule has 1 aromatic carbocycles. The average molecular weight is 459 g/mol. The van der Waals surface area contributed by atoms with E-state index in [9.17, 15) is 8.42 Å². The number of sulfone groups is 1. The van der Waals surface area contributed by atoms with Gasteiger partial charge in [-0.2, -0.15) is 0 Å². The summed E-state index contributed by atoms with van der Waals surface area (Å²) >= 11 is 0. The number of nitrogens with one attached hydrogen (secondary N) is 1. The van der Waals surface area contributed by atoms with Gasteiger partial charge in [-0.05, 0) is 56.9 Å². The Labute approximate surface area is 189 Å². The van der Waals surface area contributed by atoms with Crippen LogP contribution in [0.25, 0.3) is 11.3 Å². The second kappa shape index (κ2) is 9.38. The van der Waals surface area contributed by atoms with Crippen molar-refractivity contribution < 1.29 is 18.0 Å². The zero-order valence-electron chi connectivity index (χ0n) is 18.7. The second-order valence-corrected chi connectivity index (χ2v) is 10.6. The van der Waals surface area contributed by atoms with E-state index < -0.39 is 9.84 Å². The van der Waals surface area contributed by atoms with Crippen LogP contribution >= 0.6 is 0 Å². The van der Waals surface area contributed by atoms with Crippen LogP contribution in [-0.2, 0) is 14.7 Å². The van der Waals surface area contributed by atoms with Gasteiger partial charge in [0.2, 0.25) is 5.88 Å². The molecule has 0 radical (unpaired) electrons. The van der Waals surface area contributed by atoms with Gasteiger partial charge in [-0.3, -0.25) is 9.99 Å². The molecule has 32 heavy (non-hydrogen) atoms. The van der Waals surface area contributed by atoms with Gasteiger partial charge in [0.1, 0.15) is 5.75 Å². The largest absolute Gasteiger partial charge is 0.492 e. The molecule has 0 amide bonds. The molecule has 1 saturated heterocycles. The van der Waals surface area contributed by atoms with E-state index in [1.165, 1.54) is 6.26 Å². The van der Waals surface area contributed by atoms with Crippen LogP contribution in [0, 0.1) is 5.92 Å². The Morgan fingerprint density at radius 2 is 1.88 bits per heavy atom. The van der Waals surface area contributed by atoms with Crippen LogP contribution in [0.5, 0.6) is 5.75 Å². The van der Waals surface area contributed by atoms with E-state index in [0.29, 0.717) is 23.5 Å². The molecule has 2 aliphatic heterocycles. The Bertz CT molecular complexity index is 1040. The molecule has 9 heteroatoms. The van der Waals surface area contributed by atoms with Crippen LogP contribution in [0.2, 0.25) is 0 Å². The van der Waals surface area contributed by atoms with E-state index in [0.717, 1.165) is 48.8 Å². The Morgan fingerprint density at radius 3 is 2.44 bits per heavy atom. The maximum absolute atomic E-state index is 11.6. The summed E-state index contributed by atoms with van der Waals surface area (Å²) in [4.78, 5) is 12.6. The number of piperidine rings is 1. The van der Waals surface area contributed by atoms with Gasteiger partial charge in [0.15, 0.2) is 9.84 Å². The number of hydrogen-bond acceptors (Lipinski definition) is 8.